The smallest absolute Gasteiger partial charge is 0.315 e. The molecule has 0 heterocycles. The molecule has 0 atom stereocenters. The molecule has 22 heavy (non-hydrogen) atoms. The van der Waals surface area contributed by atoms with E-state index >= 15 is 0 Å². The van der Waals surface area contributed by atoms with Crippen molar-refractivity contribution in [2.45, 2.75) is 13.8 Å². The van der Waals surface area contributed by atoms with E-state index in [1.165, 1.54) is 18.3 Å². The van der Waals surface area contributed by atoms with Gasteiger partial charge in [-0.05, 0) is 37.6 Å². The van der Waals surface area contributed by atoms with Gasteiger partial charge in [0.1, 0.15) is 0 Å². The van der Waals surface area contributed by atoms with Crippen LogP contribution in [0.5, 0.6) is 11.5 Å². The zero-order valence-corrected chi connectivity index (χ0v) is 12.3. The highest BCUT2D eigenvalue weighted by Gasteiger charge is 2.19. The minimum absolute atomic E-state index is 0.0717. The van der Waals surface area contributed by atoms with Crippen LogP contribution < -0.4 is 4.74 Å². The van der Waals surface area contributed by atoms with E-state index in [-0.39, 0.29) is 5.75 Å². The molecule has 0 aliphatic carbocycles. The summed E-state index contributed by atoms with van der Waals surface area (Å²) >= 11 is 0. The van der Waals surface area contributed by atoms with Crippen LogP contribution in [-0.4, -0.2) is 22.9 Å². The molecule has 2 aromatic rings. The maximum absolute atomic E-state index is 11.0. The molecule has 0 aliphatic heterocycles. The van der Waals surface area contributed by atoms with Gasteiger partial charge in [0.2, 0.25) is 5.75 Å². The average Bonchev–Trinajstić information content (AvgIpc) is 2.48. The first-order valence-electron chi connectivity index (χ1n) is 6.76. The third kappa shape index (κ3) is 3.60. The number of aromatic hydroxyl groups is 1. The molecule has 0 amide bonds. The molecule has 2 aromatic carbocycles. The van der Waals surface area contributed by atoms with E-state index in [9.17, 15) is 15.2 Å². The van der Waals surface area contributed by atoms with Crippen LogP contribution in [0.15, 0.2) is 41.4 Å². The van der Waals surface area contributed by atoms with Crippen LogP contribution in [0.4, 0.5) is 11.4 Å². The van der Waals surface area contributed by atoms with Crippen molar-refractivity contribution in [3.63, 3.8) is 0 Å². The second-order valence-corrected chi connectivity index (χ2v) is 4.67. The number of hydrogen-bond acceptors (Lipinski definition) is 5. The fraction of sp³-hybridized carbons (Fsp3) is 0.188. The largest absolute Gasteiger partial charge is 0.500 e. The lowest BCUT2D eigenvalue weighted by atomic mass is 10.1. The first-order chi connectivity index (χ1) is 10.5. The van der Waals surface area contributed by atoms with Crippen molar-refractivity contribution in [3.8, 4) is 11.5 Å². The lowest BCUT2D eigenvalue weighted by molar-refractivity contribution is -0.386. The second kappa shape index (κ2) is 6.71. The highest BCUT2D eigenvalue weighted by atomic mass is 16.6. The number of hydrogen-bond donors (Lipinski definition) is 1. The zero-order valence-electron chi connectivity index (χ0n) is 12.3. The lowest BCUT2D eigenvalue weighted by Gasteiger charge is -2.07. The van der Waals surface area contributed by atoms with E-state index in [0.717, 1.165) is 11.3 Å². The minimum Gasteiger partial charge on any atom is -0.500 e. The van der Waals surface area contributed by atoms with E-state index in [4.69, 9.17) is 4.74 Å². The van der Waals surface area contributed by atoms with Crippen molar-refractivity contribution < 1.29 is 14.8 Å². The van der Waals surface area contributed by atoms with Gasteiger partial charge in [-0.1, -0.05) is 12.1 Å². The summed E-state index contributed by atoms with van der Waals surface area (Å²) in [7, 11) is 0. The van der Waals surface area contributed by atoms with Crippen molar-refractivity contribution in [1.29, 1.82) is 0 Å². The summed E-state index contributed by atoms with van der Waals surface area (Å²) in [6.07, 6.45) is 1.50. The van der Waals surface area contributed by atoms with E-state index < -0.39 is 16.4 Å². The molecule has 0 unspecified atom stereocenters. The van der Waals surface area contributed by atoms with E-state index in [1.54, 1.807) is 6.92 Å². The molecule has 6 nitrogen and oxygen atoms in total. The Kier molecular flexibility index (Phi) is 4.73. The molecule has 0 bridgehead atoms. The summed E-state index contributed by atoms with van der Waals surface area (Å²) in [6.45, 7) is 3.99. The highest BCUT2D eigenvalue weighted by Crippen LogP contribution is 2.36. The maximum atomic E-state index is 11.0. The Morgan fingerprint density at radius 2 is 2.14 bits per heavy atom. The summed E-state index contributed by atoms with van der Waals surface area (Å²) < 4.78 is 5.22. The van der Waals surface area contributed by atoms with Crippen molar-refractivity contribution in [2.24, 2.45) is 4.99 Å². The quantitative estimate of drug-likeness (QED) is 0.517. The molecule has 0 aromatic heterocycles. The van der Waals surface area contributed by atoms with Gasteiger partial charge in [0.05, 0.1) is 17.2 Å². The Balaban J connectivity index is 2.40. The van der Waals surface area contributed by atoms with Gasteiger partial charge >= 0.3 is 5.69 Å². The van der Waals surface area contributed by atoms with Crippen molar-refractivity contribution in [3.05, 3.63) is 57.6 Å². The summed E-state index contributed by atoms with van der Waals surface area (Å²) in [5.41, 5.74) is 1.89. The summed E-state index contributed by atoms with van der Waals surface area (Å²) in [6, 6.07) is 10.4. The maximum Gasteiger partial charge on any atom is 0.315 e. The van der Waals surface area contributed by atoms with Gasteiger partial charge in [-0.15, -0.1) is 0 Å². The molecule has 0 aliphatic rings. The van der Waals surface area contributed by atoms with Crippen LogP contribution >= 0.6 is 0 Å². The molecular formula is C16H16N2O4. The van der Waals surface area contributed by atoms with Gasteiger partial charge in [-0.25, -0.2) is 0 Å². The van der Waals surface area contributed by atoms with Gasteiger partial charge in [0.25, 0.3) is 0 Å². The number of ether oxygens (including phenoxy) is 1. The summed E-state index contributed by atoms with van der Waals surface area (Å²) in [4.78, 5) is 14.6. The summed E-state index contributed by atoms with van der Waals surface area (Å²) in [5, 5.41) is 20.8. The van der Waals surface area contributed by atoms with Gasteiger partial charge in [-0.2, -0.15) is 0 Å². The number of aryl methyl sites for hydroxylation is 1. The van der Waals surface area contributed by atoms with Gasteiger partial charge in [0.15, 0.2) is 5.75 Å². The predicted octanol–water partition coefficient (Wildman–Crippen LogP) is 3.76. The third-order valence-electron chi connectivity index (χ3n) is 2.94. The topological polar surface area (TPSA) is 85.0 Å². The molecule has 0 saturated carbocycles. The molecule has 1 N–H and O–H groups in total. The SMILES string of the molecule is CCOc1cc(C=Nc2cccc(C)c2)cc([N+](=O)[O-])c1O. The fourth-order valence-corrected chi connectivity index (χ4v) is 1.95. The lowest BCUT2D eigenvalue weighted by Crippen LogP contribution is -1.97. The van der Waals surface area contributed by atoms with Crippen LogP contribution in [0.2, 0.25) is 0 Å². The molecule has 2 rings (SSSR count). The highest BCUT2D eigenvalue weighted by molar-refractivity contribution is 5.85. The third-order valence-corrected chi connectivity index (χ3v) is 2.94. The standard InChI is InChI=1S/C16H16N2O4/c1-3-22-15-9-12(8-14(16(15)19)18(20)21)10-17-13-6-4-5-11(2)7-13/h4-10,19H,3H2,1-2H3. The fourth-order valence-electron chi connectivity index (χ4n) is 1.95. The summed E-state index contributed by atoms with van der Waals surface area (Å²) in [5.74, 6) is -0.401. The number of nitrogens with zero attached hydrogens (tertiary/aromatic N) is 2. The number of benzene rings is 2. The molecule has 0 spiro atoms. The number of nitro benzene ring substituents is 1. The van der Waals surface area contributed by atoms with Crippen molar-refractivity contribution in [1.82, 2.24) is 0 Å². The van der Waals surface area contributed by atoms with Crippen LogP contribution in [0, 0.1) is 17.0 Å². The number of phenolic OH excluding ortho intramolecular Hbond substituents is 1. The van der Waals surface area contributed by atoms with E-state index in [1.807, 2.05) is 31.2 Å². The average molecular weight is 300 g/mol. The molecule has 0 radical (unpaired) electrons. The Morgan fingerprint density at radius 3 is 2.77 bits per heavy atom. The molecule has 114 valence electrons. The number of rotatable bonds is 5. The van der Waals surface area contributed by atoms with E-state index in [2.05, 4.69) is 4.99 Å². The van der Waals surface area contributed by atoms with Gasteiger partial charge in [-0.3, -0.25) is 15.1 Å². The molecule has 0 fully saturated rings. The van der Waals surface area contributed by atoms with Crippen LogP contribution in [-0.2, 0) is 0 Å². The normalized spacial score (nSPS) is 10.8. The van der Waals surface area contributed by atoms with Crippen molar-refractivity contribution >= 4 is 17.6 Å². The van der Waals surface area contributed by atoms with Gasteiger partial charge < -0.3 is 9.84 Å². The molecular weight excluding hydrogens is 284 g/mol. The Labute approximate surface area is 127 Å². The second-order valence-electron chi connectivity index (χ2n) is 4.67. The Bertz CT molecular complexity index is 726. The van der Waals surface area contributed by atoms with Gasteiger partial charge in [0, 0.05) is 17.8 Å². The van der Waals surface area contributed by atoms with Crippen LogP contribution in [0.1, 0.15) is 18.1 Å². The van der Waals surface area contributed by atoms with Crippen LogP contribution in [0.25, 0.3) is 0 Å². The first-order valence-corrected chi connectivity index (χ1v) is 6.76. The Hall–Kier alpha value is -2.89. The molecule has 0 saturated heterocycles. The monoisotopic (exact) mass is 300 g/mol. The first kappa shape index (κ1) is 15.5. The number of aliphatic imine (C=N–C) groups is 1. The number of phenols is 1. The number of nitro groups is 1. The van der Waals surface area contributed by atoms with Crippen molar-refractivity contribution in [2.75, 3.05) is 6.61 Å². The Morgan fingerprint density at radius 1 is 1.36 bits per heavy atom. The van der Waals surface area contributed by atoms with E-state index in [0.29, 0.717) is 12.2 Å². The molecule has 6 heteroatoms. The minimum atomic E-state index is -0.651. The van der Waals surface area contributed by atoms with Crippen LogP contribution in [0.3, 0.4) is 0 Å². The predicted molar refractivity (Wildman–Crippen MR) is 84.4 cm³/mol. The zero-order chi connectivity index (χ0) is 16.1.